The van der Waals surface area contributed by atoms with Gasteiger partial charge in [-0.2, -0.15) is 0 Å². The van der Waals surface area contributed by atoms with Crippen molar-refractivity contribution in [3.63, 3.8) is 0 Å². The molecule has 2 rings (SSSR count). The third kappa shape index (κ3) is 3.46. The standard InChI is InChI=1S/C15H16ClNO2/c1-2-9-19-13-6-4-3-5-12(13)15(18)11-7-8-17-14(16)10-11/h3-8,10,15,18H,2,9H2,1H3. The van der Waals surface area contributed by atoms with Gasteiger partial charge >= 0.3 is 0 Å². The first-order valence-corrected chi connectivity index (χ1v) is 6.61. The highest BCUT2D eigenvalue weighted by Gasteiger charge is 2.15. The smallest absolute Gasteiger partial charge is 0.129 e. The van der Waals surface area contributed by atoms with E-state index in [0.29, 0.717) is 23.1 Å². The van der Waals surface area contributed by atoms with Crippen molar-refractivity contribution in [1.82, 2.24) is 4.98 Å². The average molecular weight is 278 g/mol. The van der Waals surface area contributed by atoms with Crippen LogP contribution in [0.5, 0.6) is 5.75 Å². The number of rotatable bonds is 5. The van der Waals surface area contributed by atoms with Crippen molar-refractivity contribution in [1.29, 1.82) is 0 Å². The van der Waals surface area contributed by atoms with Crippen LogP contribution < -0.4 is 4.74 Å². The Balaban J connectivity index is 2.30. The summed E-state index contributed by atoms with van der Waals surface area (Å²) in [6.07, 6.45) is 1.73. The van der Waals surface area contributed by atoms with E-state index in [1.54, 1.807) is 18.3 Å². The molecule has 0 fully saturated rings. The summed E-state index contributed by atoms with van der Waals surface area (Å²) in [6, 6.07) is 10.9. The molecule has 4 heteroatoms. The van der Waals surface area contributed by atoms with Gasteiger partial charge in [-0.25, -0.2) is 4.98 Å². The summed E-state index contributed by atoms with van der Waals surface area (Å²) in [6.45, 7) is 2.67. The first-order valence-electron chi connectivity index (χ1n) is 6.23. The van der Waals surface area contributed by atoms with E-state index in [0.717, 1.165) is 12.0 Å². The number of hydrogen-bond donors (Lipinski definition) is 1. The van der Waals surface area contributed by atoms with Crippen LogP contribution in [0.15, 0.2) is 42.6 Å². The molecule has 2 aromatic rings. The van der Waals surface area contributed by atoms with Crippen molar-refractivity contribution < 1.29 is 9.84 Å². The Morgan fingerprint density at radius 1 is 1.32 bits per heavy atom. The fraction of sp³-hybridized carbons (Fsp3) is 0.267. The SMILES string of the molecule is CCCOc1ccccc1C(O)c1ccnc(Cl)c1. The van der Waals surface area contributed by atoms with Gasteiger partial charge in [0.15, 0.2) is 0 Å². The molecule has 1 heterocycles. The molecule has 0 spiro atoms. The predicted octanol–water partition coefficient (Wildman–Crippen LogP) is 3.61. The van der Waals surface area contributed by atoms with E-state index in [9.17, 15) is 5.11 Å². The number of aliphatic hydroxyl groups is 1. The lowest BCUT2D eigenvalue weighted by atomic mass is 10.0. The zero-order valence-corrected chi connectivity index (χ0v) is 11.5. The number of ether oxygens (including phenoxy) is 1. The molecular formula is C15H16ClNO2. The van der Waals surface area contributed by atoms with Crippen LogP contribution in [0.2, 0.25) is 5.15 Å². The number of aromatic nitrogens is 1. The van der Waals surface area contributed by atoms with E-state index in [4.69, 9.17) is 16.3 Å². The number of halogens is 1. The quantitative estimate of drug-likeness (QED) is 0.849. The van der Waals surface area contributed by atoms with Gasteiger partial charge in [0, 0.05) is 11.8 Å². The summed E-state index contributed by atoms with van der Waals surface area (Å²) >= 11 is 5.85. The molecule has 0 bridgehead atoms. The number of aliphatic hydroxyl groups excluding tert-OH is 1. The number of hydrogen-bond acceptors (Lipinski definition) is 3. The van der Waals surface area contributed by atoms with E-state index in [2.05, 4.69) is 4.98 Å². The largest absolute Gasteiger partial charge is 0.493 e. The van der Waals surface area contributed by atoms with Crippen LogP contribution in [0.4, 0.5) is 0 Å². The Hall–Kier alpha value is -1.58. The Kier molecular flexibility index (Phi) is 4.77. The third-order valence-corrected chi connectivity index (χ3v) is 2.95. The van der Waals surface area contributed by atoms with Crippen LogP contribution in [0, 0.1) is 0 Å². The van der Waals surface area contributed by atoms with E-state index < -0.39 is 6.10 Å². The normalized spacial score (nSPS) is 12.2. The molecule has 0 aliphatic heterocycles. The lowest BCUT2D eigenvalue weighted by molar-refractivity contribution is 0.210. The summed E-state index contributed by atoms with van der Waals surface area (Å²) in [5.74, 6) is 0.699. The summed E-state index contributed by atoms with van der Waals surface area (Å²) in [5, 5.41) is 10.8. The second-order valence-corrected chi connectivity index (χ2v) is 4.59. The molecule has 100 valence electrons. The minimum absolute atomic E-state index is 0.364. The summed E-state index contributed by atoms with van der Waals surface area (Å²) in [5.41, 5.74) is 1.44. The van der Waals surface area contributed by atoms with Gasteiger partial charge in [0.2, 0.25) is 0 Å². The molecule has 19 heavy (non-hydrogen) atoms. The van der Waals surface area contributed by atoms with Crippen molar-refractivity contribution in [2.75, 3.05) is 6.61 Å². The topological polar surface area (TPSA) is 42.4 Å². The van der Waals surface area contributed by atoms with Gasteiger partial charge in [-0.15, -0.1) is 0 Å². The molecule has 1 N–H and O–H groups in total. The fourth-order valence-electron chi connectivity index (χ4n) is 1.82. The van der Waals surface area contributed by atoms with Crippen LogP contribution >= 0.6 is 11.6 Å². The molecule has 0 aliphatic rings. The zero-order chi connectivity index (χ0) is 13.7. The van der Waals surface area contributed by atoms with Crippen molar-refractivity contribution in [3.8, 4) is 5.75 Å². The maximum absolute atomic E-state index is 10.4. The Bertz CT molecular complexity index is 545. The molecule has 1 unspecified atom stereocenters. The van der Waals surface area contributed by atoms with E-state index in [1.807, 2.05) is 31.2 Å². The second-order valence-electron chi connectivity index (χ2n) is 4.20. The van der Waals surface area contributed by atoms with Gasteiger partial charge in [0.05, 0.1) is 6.61 Å². The van der Waals surface area contributed by atoms with Crippen LogP contribution in [0.3, 0.4) is 0 Å². The van der Waals surface area contributed by atoms with E-state index >= 15 is 0 Å². The third-order valence-electron chi connectivity index (χ3n) is 2.74. The Labute approximate surface area is 117 Å². The summed E-state index contributed by atoms with van der Waals surface area (Å²) in [7, 11) is 0. The molecule has 0 saturated heterocycles. The monoisotopic (exact) mass is 277 g/mol. The fourth-order valence-corrected chi connectivity index (χ4v) is 2.00. The minimum Gasteiger partial charge on any atom is -0.493 e. The lowest BCUT2D eigenvalue weighted by Gasteiger charge is -2.16. The Morgan fingerprint density at radius 2 is 2.11 bits per heavy atom. The molecule has 3 nitrogen and oxygen atoms in total. The molecule has 1 aromatic heterocycles. The van der Waals surface area contributed by atoms with Gasteiger partial charge in [-0.1, -0.05) is 36.7 Å². The second kappa shape index (κ2) is 6.55. The highest BCUT2D eigenvalue weighted by Crippen LogP contribution is 2.30. The predicted molar refractivity (Wildman–Crippen MR) is 75.5 cm³/mol. The molecular weight excluding hydrogens is 262 g/mol. The average Bonchev–Trinajstić information content (AvgIpc) is 2.44. The minimum atomic E-state index is -0.770. The van der Waals surface area contributed by atoms with E-state index in [1.165, 1.54) is 0 Å². The van der Waals surface area contributed by atoms with Crippen molar-refractivity contribution in [3.05, 3.63) is 58.9 Å². The molecule has 0 radical (unpaired) electrons. The Morgan fingerprint density at radius 3 is 2.84 bits per heavy atom. The van der Waals surface area contributed by atoms with E-state index in [-0.39, 0.29) is 0 Å². The number of para-hydroxylation sites is 1. The van der Waals surface area contributed by atoms with Gasteiger partial charge in [-0.05, 0) is 30.2 Å². The van der Waals surface area contributed by atoms with Crippen molar-refractivity contribution >= 4 is 11.6 Å². The molecule has 0 saturated carbocycles. The van der Waals surface area contributed by atoms with Crippen molar-refractivity contribution in [2.45, 2.75) is 19.4 Å². The lowest BCUT2D eigenvalue weighted by Crippen LogP contribution is -2.05. The number of pyridine rings is 1. The van der Waals surface area contributed by atoms with Gasteiger partial charge in [0.1, 0.15) is 17.0 Å². The maximum atomic E-state index is 10.4. The number of nitrogens with zero attached hydrogens (tertiary/aromatic N) is 1. The van der Waals surface area contributed by atoms with Crippen LogP contribution in [-0.4, -0.2) is 16.7 Å². The van der Waals surface area contributed by atoms with Crippen LogP contribution in [0.1, 0.15) is 30.6 Å². The molecule has 1 aromatic carbocycles. The number of benzene rings is 1. The van der Waals surface area contributed by atoms with Gasteiger partial charge < -0.3 is 9.84 Å². The first kappa shape index (κ1) is 13.8. The van der Waals surface area contributed by atoms with Gasteiger partial charge in [-0.3, -0.25) is 0 Å². The highest BCUT2D eigenvalue weighted by molar-refractivity contribution is 6.29. The van der Waals surface area contributed by atoms with Crippen molar-refractivity contribution in [2.24, 2.45) is 0 Å². The summed E-state index contributed by atoms with van der Waals surface area (Å²) < 4.78 is 5.65. The molecule has 0 aliphatic carbocycles. The summed E-state index contributed by atoms with van der Waals surface area (Å²) in [4.78, 5) is 3.91. The van der Waals surface area contributed by atoms with Crippen LogP contribution in [0.25, 0.3) is 0 Å². The molecule has 1 atom stereocenters. The maximum Gasteiger partial charge on any atom is 0.129 e. The zero-order valence-electron chi connectivity index (χ0n) is 10.7. The molecule has 0 amide bonds. The van der Waals surface area contributed by atoms with Gasteiger partial charge in [0.25, 0.3) is 0 Å². The van der Waals surface area contributed by atoms with Crippen LogP contribution in [-0.2, 0) is 0 Å². The first-order chi connectivity index (χ1) is 9.22. The highest BCUT2D eigenvalue weighted by atomic mass is 35.5.